The van der Waals surface area contributed by atoms with Crippen molar-refractivity contribution in [2.75, 3.05) is 13.1 Å². The maximum Gasteiger partial charge on any atom is 0.407 e. The third-order valence-electron chi connectivity index (χ3n) is 13.8. The molecule has 8 heteroatoms. The topological polar surface area (TPSA) is 120 Å². The molecular weight excluding hydrogens is 532 g/mol. The molecule has 240 valence electrons. The van der Waals surface area contributed by atoms with E-state index < -0.39 is 23.9 Å². The van der Waals surface area contributed by atoms with Crippen LogP contribution in [0.4, 0.5) is 4.79 Å². The second kappa shape index (κ2) is 10.3. The summed E-state index contributed by atoms with van der Waals surface area (Å²) in [5.74, 6) is 1.41. The average molecular weight is 591 g/mol. The molecule has 42 heavy (non-hydrogen) atoms. The maximum atomic E-state index is 12.8. The molecule has 0 aromatic rings. The molecule has 6 rings (SSSR count). The fourth-order valence-electron chi connectivity index (χ4n) is 11.4. The second-order valence-corrected chi connectivity index (χ2v) is 17.2. The number of carbonyl (C=O) groups is 1. The Kier molecular flexibility index (Phi) is 7.62. The summed E-state index contributed by atoms with van der Waals surface area (Å²) >= 11 is 0. The van der Waals surface area contributed by atoms with Crippen molar-refractivity contribution in [3.63, 3.8) is 0 Å². The lowest BCUT2D eigenvalue weighted by Gasteiger charge is -2.58. The highest BCUT2D eigenvalue weighted by Gasteiger charge is 2.79. The highest BCUT2D eigenvalue weighted by molar-refractivity contribution is 5.68. The molecule has 5 N–H and O–H groups in total. The highest BCUT2D eigenvalue weighted by atomic mass is 16.6. The largest absolute Gasteiger partial charge is 0.446 e. The monoisotopic (exact) mass is 590 g/mol. The number of amides is 1. The Bertz CT molecular complexity index is 1040. The van der Waals surface area contributed by atoms with Gasteiger partial charge in [-0.05, 0) is 105 Å². The molecule has 1 amide bonds. The van der Waals surface area contributed by atoms with E-state index in [0.717, 1.165) is 51.6 Å². The van der Waals surface area contributed by atoms with Gasteiger partial charge in [0.25, 0.3) is 0 Å². The summed E-state index contributed by atoms with van der Waals surface area (Å²) in [5.41, 5.74) is -1.27. The van der Waals surface area contributed by atoms with Crippen LogP contribution in [0.3, 0.4) is 0 Å². The zero-order valence-electron chi connectivity index (χ0n) is 27.1. The van der Waals surface area contributed by atoms with Gasteiger partial charge in [0.15, 0.2) is 0 Å². The van der Waals surface area contributed by atoms with E-state index in [0.29, 0.717) is 24.2 Å². The number of aliphatic hydroxyl groups is 3. The highest BCUT2D eigenvalue weighted by Crippen LogP contribution is 2.85. The first kappa shape index (κ1) is 31.1. The quantitative estimate of drug-likeness (QED) is 0.329. The van der Waals surface area contributed by atoms with Gasteiger partial charge in [0.05, 0.1) is 30.0 Å². The molecule has 2 heterocycles. The second-order valence-electron chi connectivity index (χ2n) is 17.2. The lowest BCUT2D eigenvalue weighted by atomic mass is 9.48. The molecule has 4 saturated carbocycles. The lowest BCUT2D eigenvalue weighted by molar-refractivity contribution is -0.229. The zero-order valence-corrected chi connectivity index (χ0v) is 27.1. The van der Waals surface area contributed by atoms with Crippen molar-refractivity contribution in [2.24, 2.45) is 45.3 Å². The smallest absolute Gasteiger partial charge is 0.407 e. The van der Waals surface area contributed by atoms with E-state index in [1.165, 1.54) is 12.8 Å². The number of alkyl carbamates (subject to hydrolysis) is 1. The van der Waals surface area contributed by atoms with E-state index in [1.807, 2.05) is 0 Å². The molecule has 0 bridgehead atoms. The van der Waals surface area contributed by atoms with Crippen LogP contribution in [0.25, 0.3) is 0 Å². The van der Waals surface area contributed by atoms with Crippen molar-refractivity contribution in [3.05, 3.63) is 0 Å². The number of nitrogens with one attached hydrogen (secondary N) is 2. The van der Waals surface area contributed by atoms with Gasteiger partial charge in [0.2, 0.25) is 0 Å². The SMILES string of the molecule is CC1CC(C(O)C(C)(C)O)OC2C1CCCC13CC14CCC(OC(=O)NC1CNC1)C(C)(C)C4CCC3C(C)(C)C2O. The number of hydrogen-bond donors (Lipinski definition) is 5. The summed E-state index contributed by atoms with van der Waals surface area (Å²) < 4.78 is 12.8. The number of carbonyl (C=O) groups excluding carboxylic acids is 1. The minimum atomic E-state index is -1.26. The standard InChI is InChI=1S/C34H58N2O6/c1-19-15-22(27(37)32(6,7)40)41-26-21(19)9-8-13-33-18-34(33)14-12-25(42-29(39)36-20-16-35-17-20)30(2,3)23(34)10-11-24(33)31(4,5)28(26)38/h19-28,35,37-38,40H,8-18H2,1-7H3,(H,36,39). The number of hydrogen-bond acceptors (Lipinski definition) is 7. The van der Waals surface area contributed by atoms with Crippen LogP contribution >= 0.6 is 0 Å². The van der Waals surface area contributed by atoms with E-state index >= 15 is 0 Å². The Balaban J connectivity index is 1.24. The van der Waals surface area contributed by atoms with Gasteiger partial charge in [-0.15, -0.1) is 0 Å². The molecule has 2 spiro atoms. The number of aliphatic hydroxyl groups excluding tert-OH is 2. The van der Waals surface area contributed by atoms with Gasteiger partial charge in [0.1, 0.15) is 12.2 Å². The Hall–Kier alpha value is -0.930. The number of rotatable bonds is 4. The first-order valence-electron chi connectivity index (χ1n) is 17.0. The van der Waals surface area contributed by atoms with Gasteiger partial charge in [-0.3, -0.25) is 0 Å². The van der Waals surface area contributed by atoms with Crippen molar-refractivity contribution < 1.29 is 29.6 Å². The van der Waals surface area contributed by atoms with Crippen molar-refractivity contribution in [2.45, 2.75) is 148 Å². The molecule has 0 radical (unpaired) electrons. The molecular formula is C34H58N2O6. The van der Waals surface area contributed by atoms with Gasteiger partial charge in [-0.1, -0.05) is 41.0 Å². The Morgan fingerprint density at radius 1 is 1.02 bits per heavy atom. The van der Waals surface area contributed by atoms with Gasteiger partial charge < -0.3 is 35.4 Å². The van der Waals surface area contributed by atoms with Crippen molar-refractivity contribution in [1.82, 2.24) is 10.6 Å². The Labute approximate surface area is 253 Å². The van der Waals surface area contributed by atoms with Crippen LogP contribution in [0.2, 0.25) is 0 Å². The molecule has 4 aliphatic carbocycles. The van der Waals surface area contributed by atoms with Gasteiger partial charge in [0, 0.05) is 18.5 Å². The fourth-order valence-corrected chi connectivity index (χ4v) is 11.4. The summed E-state index contributed by atoms with van der Waals surface area (Å²) in [6, 6.07) is 0.175. The van der Waals surface area contributed by atoms with Crippen molar-refractivity contribution in [3.8, 4) is 0 Å². The zero-order chi connectivity index (χ0) is 30.5. The van der Waals surface area contributed by atoms with E-state index in [4.69, 9.17) is 9.47 Å². The van der Waals surface area contributed by atoms with E-state index in [1.54, 1.807) is 13.8 Å². The molecule has 11 unspecified atom stereocenters. The molecule has 2 saturated heterocycles. The van der Waals surface area contributed by atoms with Gasteiger partial charge in [-0.25, -0.2) is 4.79 Å². The summed E-state index contributed by atoms with van der Waals surface area (Å²) in [5, 5.41) is 40.0. The normalized spacial score (nSPS) is 47.0. The summed E-state index contributed by atoms with van der Waals surface area (Å²) in [7, 11) is 0. The molecule has 0 aromatic heterocycles. The number of fused-ring (bicyclic) bond motifs is 1. The van der Waals surface area contributed by atoms with Crippen molar-refractivity contribution >= 4 is 6.09 Å². The van der Waals surface area contributed by atoms with Crippen LogP contribution in [0.15, 0.2) is 0 Å². The summed E-state index contributed by atoms with van der Waals surface area (Å²) in [6.07, 6.45) is 6.56. The summed E-state index contributed by atoms with van der Waals surface area (Å²) in [6.45, 7) is 16.3. The Morgan fingerprint density at radius 2 is 1.67 bits per heavy atom. The molecule has 6 fully saturated rings. The summed E-state index contributed by atoms with van der Waals surface area (Å²) in [4.78, 5) is 12.8. The third kappa shape index (κ3) is 4.67. The van der Waals surface area contributed by atoms with Crippen LogP contribution in [0.5, 0.6) is 0 Å². The predicted molar refractivity (Wildman–Crippen MR) is 161 cm³/mol. The fraction of sp³-hybridized carbons (Fsp3) is 0.971. The molecule has 6 aliphatic rings. The van der Waals surface area contributed by atoms with E-state index in [9.17, 15) is 20.1 Å². The number of ether oxygens (including phenoxy) is 2. The molecule has 0 aromatic carbocycles. The van der Waals surface area contributed by atoms with Gasteiger partial charge in [-0.2, -0.15) is 0 Å². The first-order chi connectivity index (χ1) is 19.5. The molecule has 11 atom stereocenters. The van der Waals surface area contributed by atoms with Gasteiger partial charge >= 0.3 is 6.09 Å². The van der Waals surface area contributed by atoms with E-state index in [-0.39, 0.29) is 51.9 Å². The molecule has 8 nitrogen and oxygen atoms in total. The van der Waals surface area contributed by atoms with Crippen LogP contribution in [-0.2, 0) is 9.47 Å². The van der Waals surface area contributed by atoms with Crippen LogP contribution in [0, 0.1) is 45.3 Å². The molecule has 2 aliphatic heterocycles. The maximum absolute atomic E-state index is 12.8. The third-order valence-corrected chi connectivity index (χ3v) is 13.8. The van der Waals surface area contributed by atoms with E-state index in [2.05, 4.69) is 45.3 Å². The predicted octanol–water partition coefficient (Wildman–Crippen LogP) is 4.39. The average Bonchev–Trinajstić information content (AvgIpc) is 3.54. The Morgan fingerprint density at radius 3 is 2.29 bits per heavy atom. The van der Waals surface area contributed by atoms with Crippen LogP contribution in [0.1, 0.15) is 106 Å². The van der Waals surface area contributed by atoms with Crippen molar-refractivity contribution in [1.29, 1.82) is 0 Å². The minimum Gasteiger partial charge on any atom is -0.446 e. The lowest BCUT2D eigenvalue weighted by Crippen LogP contribution is -2.60. The first-order valence-corrected chi connectivity index (χ1v) is 17.0. The van der Waals surface area contributed by atoms with Crippen LogP contribution < -0.4 is 10.6 Å². The minimum absolute atomic E-state index is 0.0819. The van der Waals surface area contributed by atoms with Crippen LogP contribution in [-0.4, -0.2) is 76.7 Å².